The molecule has 0 aromatic carbocycles. The SMILES string of the molecule is CC(C)(C)n1cc(-c2ccsc2)nn1. The molecule has 2 aromatic heterocycles. The fourth-order valence-corrected chi connectivity index (χ4v) is 1.78. The monoisotopic (exact) mass is 207 g/mol. The molecule has 0 aliphatic carbocycles. The van der Waals surface area contributed by atoms with E-state index in [-0.39, 0.29) is 5.54 Å². The van der Waals surface area contributed by atoms with E-state index in [2.05, 4.69) is 42.5 Å². The largest absolute Gasteiger partial charge is 0.247 e. The summed E-state index contributed by atoms with van der Waals surface area (Å²) in [5, 5.41) is 12.4. The Hall–Kier alpha value is -1.16. The van der Waals surface area contributed by atoms with Crippen molar-refractivity contribution in [3.8, 4) is 11.3 Å². The van der Waals surface area contributed by atoms with Crippen LogP contribution in [0, 0.1) is 0 Å². The van der Waals surface area contributed by atoms with Crippen molar-refractivity contribution in [3.05, 3.63) is 23.0 Å². The van der Waals surface area contributed by atoms with E-state index in [4.69, 9.17) is 0 Å². The molecule has 0 N–H and O–H groups in total. The van der Waals surface area contributed by atoms with Gasteiger partial charge in [0, 0.05) is 10.9 Å². The molecular formula is C10H13N3S. The number of thiophene rings is 1. The first-order valence-electron chi connectivity index (χ1n) is 4.53. The first kappa shape index (κ1) is 9.40. The van der Waals surface area contributed by atoms with Crippen LogP contribution >= 0.6 is 11.3 Å². The third-order valence-corrected chi connectivity index (χ3v) is 2.68. The average molecular weight is 207 g/mol. The highest BCUT2D eigenvalue weighted by Gasteiger charge is 2.15. The zero-order chi connectivity index (χ0) is 10.2. The number of nitrogens with zero attached hydrogens (tertiary/aromatic N) is 3. The second kappa shape index (κ2) is 3.20. The smallest absolute Gasteiger partial charge is 0.113 e. The molecule has 0 radical (unpaired) electrons. The van der Waals surface area contributed by atoms with Crippen LogP contribution in [0.5, 0.6) is 0 Å². The summed E-state index contributed by atoms with van der Waals surface area (Å²) in [6.07, 6.45) is 1.99. The van der Waals surface area contributed by atoms with Gasteiger partial charge in [-0.3, -0.25) is 0 Å². The van der Waals surface area contributed by atoms with E-state index in [0.29, 0.717) is 0 Å². The number of rotatable bonds is 1. The summed E-state index contributed by atoms with van der Waals surface area (Å²) in [7, 11) is 0. The van der Waals surface area contributed by atoms with Gasteiger partial charge in [0.25, 0.3) is 0 Å². The minimum atomic E-state index is 0.00126. The minimum Gasteiger partial charge on any atom is -0.247 e. The van der Waals surface area contributed by atoms with Crippen LogP contribution in [0.2, 0.25) is 0 Å². The van der Waals surface area contributed by atoms with E-state index in [0.717, 1.165) is 11.3 Å². The van der Waals surface area contributed by atoms with Crippen LogP contribution in [0.1, 0.15) is 20.8 Å². The van der Waals surface area contributed by atoms with Crippen LogP contribution in [0.3, 0.4) is 0 Å². The van der Waals surface area contributed by atoms with E-state index in [1.807, 2.05) is 16.3 Å². The normalized spacial score (nSPS) is 11.9. The van der Waals surface area contributed by atoms with Crippen LogP contribution in [-0.4, -0.2) is 15.0 Å². The summed E-state index contributed by atoms with van der Waals surface area (Å²) in [5.41, 5.74) is 2.09. The Balaban J connectivity index is 2.36. The van der Waals surface area contributed by atoms with Gasteiger partial charge in [-0.1, -0.05) is 5.21 Å². The molecule has 4 heteroatoms. The summed E-state index contributed by atoms with van der Waals surface area (Å²) < 4.78 is 1.89. The average Bonchev–Trinajstić information content (AvgIpc) is 2.73. The van der Waals surface area contributed by atoms with Gasteiger partial charge < -0.3 is 0 Å². The molecule has 0 saturated heterocycles. The zero-order valence-corrected chi connectivity index (χ0v) is 9.38. The van der Waals surface area contributed by atoms with Gasteiger partial charge in [0.2, 0.25) is 0 Å². The molecule has 0 bridgehead atoms. The van der Waals surface area contributed by atoms with Crippen molar-refractivity contribution in [3.63, 3.8) is 0 Å². The van der Waals surface area contributed by atoms with Gasteiger partial charge in [-0.2, -0.15) is 11.3 Å². The van der Waals surface area contributed by atoms with Crippen LogP contribution in [0.15, 0.2) is 23.0 Å². The first-order valence-corrected chi connectivity index (χ1v) is 5.47. The molecule has 0 saturated carbocycles. The third kappa shape index (κ3) is 1.70. The molecule has 0 aliphatic heterocycles. The quantitative estimate of drug-likeness (QED) is 0.720. The lowest BCUT2D eigenvalue weighted by atomic mass is 10.1. The maximum atomic E-state index is 4.14. The van der Waals surface area contributed by atoms with Gasteiger partial charge in [0.05, 0.1) is 11.7 Å². The molecule has 0 spiro atoms. The topological polar surface area (TPSA) is 30.7 Å². The fraction of sp³-hybridized carbons (Fsp3) is 0.400. The van der Waals surface area contributed by atoms with Gasteiger partial charge >= 0.3 is 0 Å². The highest BCUT2D eigenvalue weighted by molar-refractivity contribution is 7.08. The van der Waals surface area contributed by atoms with E-state index in [9.17, 15) is 0 Å². The molecule has 3 nitrogen and oxygen atoms in total. The standard InChI is InChI=1S/C10H13N3S/c1-10(2,3)13-6-9(11-12-13)8-4-5-14-7-8/h4-7H,1-3H3. The molecule has 2 aromatic rings. The van der Waals surface area contributed by atoms with Crippen molar-refractivity contribution in [2.24, 2.45) is 0 Å². The van der Waals surface area contributed by atoms with E-state index in [1.54, 1.807) is 11.3 Å². The van der Waals surface area contributed by atoms with Gasteiger partial charge in [-0.25, -0.2) is 4.68 Å². The van der Waals surface area contributed by atoms with Crippen LogP contribution in [0.4, 0.5) is 0 Å². The Bertz CT molecular complexity index is 409. The molecule has 0 amide bonds. The molecule has 2 heterocycles. The molecule has 0 unspecified atom stereocenters. The lowest BCUT2D eigenvalue weighted by Crippen LogP contribution is -2.22. The van der Waals surface area contributed by atoms with Crippen molar-refractivity contribution in [1.82, 2.24) is 15.0 Å². The molecule has 0 fully saturated rings. The van der Waals surface area contributed by atoms with Crippen LogP contribution in [-0.2, 0) is 5.54 Å². The predicted octanol–water partition coefficient (Wildman–Crippen LogP) is 2.76. The van der Waals surface area contributed by atoms with Crippen molar-refractivity contribution < 1.29 is 0 Å². The molecule has 14 heavy (non-hydrogen) atoms. The highest BCUT2D eigenvalue weighted by Crippen LogP contribution is 2.21. The van der Waals surface area contributed by atoms with Crippen molar-refractivity contribution in [1.29, 1.82) is 0 Å². The lowest BCUT2D eigenvalue weighted by molar-refractivity contribution is 0.347. The van der Waals surface area contributed by atoms with E-state index < -0.39 is 0 Å². The third-order valence-electron chi connectivity index (χ3n) is 2.00. The minimum absolute atomic E-state index is 0.00126. The Kier molecular flexibility index (Phi) is 2.15. The molecular weight excluding hydrogens is 194 g/mol. The van der Waals surface area contributed by atoms with Gasteiger partial charge in [-0.05, 0) is 32.2 Å². The molecule has 74 valence electrons. The second-order valence-corrected chi connectivity index (χ2v) is 5.01. The zero-order valence-electron chi connectivity index (χ0n) is 8.56. The maximum absolute atomic E-state index is 4.14. The molecule has 0 aliphatic rings. The summed E-state index contributed by atoms with van der Waals surface area (Å²) >= 11 is 1.67. The van der Waals surface area contributed by atoms with Crippen LogP contribution in [0.25, 0.3) is 11.3 Å². The first-order chi connectivity index (χ1) is 6.57. The van der Waals surface area contributed by atoms with E-state index in [1.165, 1.54) is 0 Å². The van der Waals surface area contributed by atoms with Crippen LogP contribution < -0.4 is 0 Å². The summed E-state index contributed by atoms with van der Waals surface area (Å²) in [4.78, 5) is 0. The molecule has 2 rings (SSSR count). The van der Waals surface area contributed by atoms with Gasteiger partial charge in [-0.15, -0.1) is 5.10 Å². The summed E-state index contributed by atoms with van der Waals surface area (Å²) in [5.74, 6) is 0. The molecule has 0 atom stereocenters. The Morgan fingerprint density at radius 2 is 2.14 bits per heavy atom. The lowest BCUT2D eigenvalue weighted by Gasteiger charge is -2.17. The fourth-order valence-electron chi connectivity index (χ4n) is 1.13. The van der Waals surface area contributed by atoms with Crippen molar-refractivity contribution >= 4 is 11.3 Å². The number of hydrogen-bond donors (Lipinski definition) is 0. The summed E-state index contributed by atoms with van der Waals surface area (Å²) in [6, 6.07) is 2.06. The Morgan fingerprint density at radius 3 is 2.64 bits per heavy atom. The number of aromatic nitrogens is 3. The maximum Gasteiger partial charge on any atom is 0.113 e. The Labute approximate surface area is 87.4 Å². The van der Waals surface area contributed by atoms with Crippen molar-refractivity contribution in [2.45, 2.75) is 26.3 Å². The van der Waals surface area contributed by atoms with Gasteiger partial charge in [0.1, 0.15) is 5.69 Å². The highest BCUT2D eigenvalue weighted by atomic mass is 32.1. The van der Waals surface area contributed by atoms with Gasteiger partial charge in [0.15, 0.2) is 0 Å². The Morgan fingerprint density at radius 1 is 1.36 bits per heavy atom. The van der Waals surface area contributed by atoms with Crippen molar-refractivity contribution in [2.75, 3.05) is 0 Å². The number of hydrogen-bond acceptors (Lipinski definition) is 3. The second-order valence-electron chi connectivity index (χ2n) is 4.23. The predicted molar refractivity (Wildman–Crippen MR) is 58.3 cm³/mol. The van der Waals surface area contributed by atoms with E-state index >= 15 is 0 Å². The summed E-state index contributed by atoms with van der Waals surface area (Å²) in [6.45, 7) is 6.33.